The van der Waals surface area contributed by atoms with Crippen molar-refractivity contribution in [2.24, 2.45) is 15.7 Å². The Labute approximate surface area is 177 Å². The smallest absolute Gasteiger partial charge is 0.277 e. The van der Waals surface area contributed by atoms with Gasteiger partial charge >= 0.3 is 0 Å². The van der Waals surface area contributed by atoms with Crippen LogP contribution in [0.15, 0.2) is 58.3 Å². The summed E-state index contributed by atoms with van der Waals surface area (Å²) in [6.07, 6.45) is 4.63. The molecule has 2 rings (SSSR count). The molecule has 0 saturated carbocycles. The van der Waals surface area contributed by atoms with Gasteiger partial charge in [-0.2, -0.15) is 5.26 Å². The molecule has 0 spiro atoms. The van der Waals surface area contributed by atoms with Gasteiger partial charge < -0.3 is 11.1 Å². The normalized spacial score (nSPS) is 19.9. The molecule has 1 aliphatic rings. The van der Waals surface area contributed by atoms with Crippen LogP contribution in [0.5, 0.6) is 0 Å². The van der Waals surface area contributed by atoms with Crippen molar-refractivity contribution in [1.82, 2.24) is 10.3 Å². The number of pyridine rings is 1. The second kappa shape index (κ2) is 9.49. The summed E-state index contributed by atoms with van der Waals surface area (Å²) in [5.41, 5.74) is 4.99. The molecule has 1 aliphatic heterocycles. The Morgan fingerprint density at radius 3 is 2.97 bits per heavy atom. The van der Waals surface area contributed by atoms with Gasteiger partial charge in [-0.15, -0.1) is 0 Å². The quantitative estimate of drug-likeness (QED) is 0.526. The fraction of sp³-hybridized carbons (Fsp3) is 0.211. The maximum atomic E-state index is 13.9. The van der Waals surface area contributed by atoms with Gasteiger partial charge in [0.25, 0.3) is 5.91 Å². The van der Waals surface area contributed by atoms with Crippen molar-refractivity contribution < 1.29 is 9.18 Å². The molecule has 1 aromatic rings. The van der Waals surface area contributed by atoms with Crippen molar-refractivity contribution in [2.45, 2.75) is 25.3 Å². The van der Waals surface area contributed by atoms with Crippen LogP contribution in [0.2, 0.25) is 0 Å². The summed E-state index contributed by atoms with van der Waals surface area (Å²) in [6.45, 7) is 9.40. The molecule has 7 nitrogen and oxygen atoms in total. The molecule has 0 aromatic carbocycles. The largest absolute Gasteiger partial charge is 0.378 e. The third kappa shape index (κ3) is 6.27. The summed E-state index contributed by atoms with van der Waals surface area (Å²) in [5.74, 6) is -1.72. The van der Waals surface area contributed by atoms with Gasteiger partial charge in [0.1, 0.15) is 11.2 Å². The number of amides is 1. The number of nitrogens with two attached hydrogens (primary N) is 1. The van der Waals surface area contributed by atoms with Gasteiger partial charge in [0.05, 0.1) is 23.0 Å². The minimum atomic E-state index is -0.912. The van der Waals surface area contributed by atoms with Gasteiger partial charge in [-0.1, -0.05) is 36.5 Å². The van der Waals surface area contributed by atoms with Gasteiger partial charge in [0.15, 0.2) is 16.7 Å². The number of halogens is 2. The first kappa shape index (κ1) is 22.3. The molecule has 1 amide bonds. The van der Waals surface area contributed by atoms with Gasteiger partial charge in [-0.05, 0) is 24.0 Å². The Morgan fingerprint density at radius 2 is 2.38 bits per heavy atom. The lowest BCUT2D eigenvalue weighted by molar-refractivity contribution is 0.0957. The highest BCUT2D eigenvalue weighted by Crippen LogP contribution is 2.35. The van der Waals surface area contributed by atoms with E-state index in [1.807, 2.05) is 6.92 Å². The Bertz CT molecular complexity index is 997. The summed E-state index contributed by atoms with van der Waals surface area (Å²) >= 11 is 7.55. The number of hydrogen-bond acceptors (Lipinski definition) is 7. The third-order valence-corrected chi connectivity index (χ3v) is 4.71. The summed E-state index contributed by atoms with van der Waals surface area (Å²) in [7, 11) is 0. The van der Waals surface area contributed by atoms with Gasteiger partial charge in [-0.25, -0.2) is 14.4 Å². The van der Waals surface area contributed by atoms with Crippen LogP contribution in [0.4, 0.5) is 4.39 Å². The first-order valence-corrected chi connectivity index (χ1v) is 9.48. The Kier molecular flexibility index (Phi) is 7.31. The maximum Gasteiger partial charge on any atom is 0.277 e. The highest BCUT2D eigenvalue weighted by molar-refractivity contribution is 8.17. The number of thioether (sulfide) groups is 1. The number of carbonyl (C=O) groups excluding carboxylic acids is 1. The summed E-state index contributed by atoms with van der Waals surface area (Å²) in [6, 6.07) is 2.67. The van der Waals surface area contributed by atoms with E-state index < -0.39 is 23.0 Å². The van der Waals surface area contributed by atoms with E-state index in [2.05, 4.69) is 33.4 Å². The zero-order valence-corrected chi connectivity index (χ0v) is 17.1. The van der Waals surface area contributed by atoms with E-state index in [4.69, 9.17) is 22.6 Å². The van der Waals surface area contributed by atoms with Crippen molar-refractivity contribution in [1.29, 1.82) is 5.26 Å². The third-order valence-electron chi connectivity index (χ3n) is 3.74. The van der Waals surface area contributed by atoms with E-state index in [1.165, 1.54) is 24.0 Å². The standard InChI is InChI=1S/C19H18ClFN6OS/c1-4-13(26-17(28)16-14(21)5-12(8-22)9-25-16)10-24-15(20)7-19(3)6-11(2)29-18(23)27-19/h4-5,9-10H,1-2,6-7H2,3H3,(H2,23,27)(H,26,28)/b13-10+,24-15?/t19-/m0/s1. The number of amidine groups is 1. The number of rotatable bonds is 6. The summed E-state index contributed by atoms with van der Waals surface area (Å²) in [4.78, 5) is 25.3. The summed E-state index contributed by atoms with van der Waals surface area (Å²) < 4.78 is 13.9. The van der Waals surface area contributed by atoms with Crippen LogP contribution >= 0.6 is 23.4 Å². The van der Waals surface area contributed by atoms with E-state index in [1.54, 1.807) is 6.07 Å². The molecule has 10 heteroatoms. The van der Waals surface area contributed by atoms with E-state index in [0.29, 0.717) is 18.0 Å². The summed E-state index contributed by atoms with van der Waals surface area (Å²) in [5, 5.41) is 11.8. The second-order valence-corrected chi connectivity index (χ2v) is 7.99. The average Bonchev–Trinajstić information content (AvgIpc) is 2.63. The van der Waals surface area contributed by atoms with E-state index >= 15 is 0 Å². The first-order valence-electron chi connectivity index (χ1n) is 8.28. The van der Waals surface area contributed by atoms with Crippen molar-refractivity contribution in [3.8, 4) is 6.07 Å². The molecule has 0 radical (unpaired) electrons. The van der Waals surface area contributed by atoms with Crippen molar-refractivity contribution >= 4 is 39.6 Å². The molecule has 0 unspecified atom stereocenters. The monoisotopic (exact) mass is 432 g/mol. The first-order chi connectivity index (χ1) is 13.7. The van der Waals surface area contributed by atoms with Gasteiger partial charge in [-0.3, -0.25) is 9.79 Å². The lowest BCUT2D eigenvalue weighted by Gasteiger charge is -2.29. The Balaban J connectivity index is 2.12. The number of nitrogens with one attached hydrogen (secondary N) is 1. The fourth-order valence-corrected chi connectivity index (χ4v) is 3.81. The number of aliphatic imine (C=N–C) groups is 2. The van der Waals surface area contributed by atoms with Crippen molar-refractivity contribution in [3.63, 3.8) is 0 Å². The van der Waals surface area contributed by atoms with Crippen LogP contribution in [0.25, 0.3) is 0 Å². The molecular formula is C19H18ClFN6OS. The molecule has 150 valence electrons. The molecule has 2 heterocycles. The van der Waals surface area contributed by atoms with Gasteiger partial charge in [0, 0.05) is 19.0 Å². The van der Waals surface area contributed by atoms with Crippen LogP contribution in [0.1, 0.15) is 35.8 Å². The minimum absolute atomic E-state index is 0.00973. The number of carbonyl (C=O) groups is 1. The molecule has 0 fully saturated rings. The van der Waals surface area contributed by atoms with Gasteiger partial charge in [0.2, 0.25) is 0 Å². The molecule has 29 heavy (non-hydrogen) atoms. The van der Waals surface area contributed by atoms with Crippen LogP contribution in [-0.2, 0) is 0 Å². The molecule has 3 N–H and O–H groups in total. The Hall–Kier alpha value is -2.96. The average molecular weight is 433 g/mol. The van der Waals surface area contributed by atoms with Crippen molar-refractivity contribution in [2.75, 3.05) is 0 Å². The minimum Gasteiger partial charge on any atom is -0.378 e. The second-order valence-electron chi connectivity index (χ2n) is 6.36. The molecule has 0 bridgehead atoms. The van der Waals surface area contributed by atoms with Crippen molar-refractivity contribution in [3.05, 3.63) is 65.4 Å². The van der Waals surface area contributed by atoms with Crippen LogP contribution in [0, 0.1) is 17.1 Å². The zero-order chi connectivity index (χ0) is 21.6. The zero-order valence-electron chi connectivity index (χ0n) is 15.6. The lowest BCUT2D eigenvalue weighted by atomic mass is 9.95. The SMILES string of the molecule is C=C/C(=C\N=C(Cl)C[C@]1(C)CC(=C)SC(N)=N1)NC(=O)c1ncc(C#N)cc1F. The number of aromatic nitrogens is 1. The lowest BCUT2D eigenvalue weighted by Crippen LogP contribution is -2.31. The molecule has 0 aliphatic carbocycles. The fourth-order valence-electron chi connectivity index (χ4n) is 2.53. The van der Waals surface area contributed by atoms with Crippen LogP contribution < -0.4 is 11.1 Å². The molecule has 1 aromatic heterocycles. The molecule has 0 saturated heterocycles. The van der Waals surface area contributed by atoms with E-state index in [9.17, 15) is 9.18 Å². The molecule has 1 atom stereocenters. The van der Waals surface area contributed by atoms with E-state index in [0.717, 1.165) is 17.2 Å². The number of nitrogens with zero attached hydrogens (tertiary/aromatic N) is 4. The topological polar surface area (TPSA) is 117 Å². The van der Waals surface area contributed by atoms with Crippen LogP contribution in [-0.4, -0.2) is 26.8 Å². The predicted molar refractivity (Wildman–Crippen MR) is 114 cm³/mol. The predicted octanol–water partition coefficient (Wildman–Crippen LogP) is 3.60. The number of nitriles is 1. The highest BCUT2D eigenvalue weighted by atomic mass is 35.5. The number of allylic oxidation sites excluding steroid dienone is 1. The Morgan fingerprint density at radius 1 is 1.66 bits per heavy atom. The van der Waals surface area contributed by atoms with Crippen LogP contribution in [0.3, 0.4) is 0 Å². The maximum absolute atomic E-state index is 13.9. The number of hydrogen-bond donors (Lipinski definition) is 2. The highest BCUT2D eigenvalue weighted by Gasteiger charge is 2.30. The van der Waals surface area contributed by atoms with E-state index in [-0.39, 0.29) is 16.4 Å². The molecular weight excluding hydrogens is 415 g/mol.